The van der Waals surface area contributed by atoms with Crippen molar-refractivity contribution in [1.29, 1.82) is 0 Å². The van der Waals surface area contributed by atoms with Crippen molar-refractivity contribution in [1.82, 2.24) is 4.90 Å². The normalized spacial score (nSPS) is 27.8. The van der Waals surface area contributed by atoms with Gasteiger partial charge in [-0.15, -0.1) is 0 Å². The molecule has 0 unspecified atom stereocenters. The molecule has 21 heavy (non-hydrogen) atoms. The van der Waals surface area contributed by atoms with Crippen LogP contribution < -0.4 is 0 Å². The Kier molecular flexibility index (Phi) is 3.61. The molecule has 2 aliphatic rings. The standard InChI is InChI=1S/C19H27NO/c1-13(2)12-20-9-5-6-16-18(20)10-14-7-8-15(21)11-17(14)19(16,3)4/h7-8,11,16,18,21H,1,5-6,9-10,12H2,2-4H3/t16-,18-/m1/s1. The summed E-state index contributed by atoms with van der Waals surface area (Å²) in [6, 6.07) is 6.56. The van der Waals surface area contributed by atoms with E-state index in [9.17, 15) is 5.11 Å². The Morgan fingerprint density at radius 3 is 2.90 bits per heavy atom. The molecule has 1 aliphatic carbocycles. The second-order valence-corrected chi connectivity index (χ2v) is 7.51. The third-order valence-corrected chi connectivity index (χ3v) is 5.51. The smallest absolute Gasteiger partial charge is 0.115 e. The second kappa shape index (κ2) is 5.17. The molecule has 0 bridgehead atoms. The Bertz CT molecular complexity index is 561. The fourth-order valence-electron chi connectivity index (χ4n) is 4.55. The molecule has 1 saturated heterocycles. The molecule has 2 atom stereocenters. The molecule has 0 aromatic heterocycles. The molecule has 2 heteroatoms. The average molecular weight is 285 g/mol. The third kappa shape index (κ3) is 2.50. The Morgan fingerprint density at radius 2 is 2.19 bits per heavy atom. The van der Waals surface area contributed by atoms with Crippen molar-refractivity contribution in [3.8, 4) is 5.75 Å². The molecule has 1 fully saturated rings. The highest BCUT2D eigenvalue weighted by Gasteiger charge is 2.45. The summed E-state index contributed by atoms with van der Waals surface area (Å²) in [7, 11) is 0. The number of hydrogen-bond acceptors (Lipinski definition) is 2. The number of nitrogens with zero attached hydrogens (tertiary/aromatic N) is 1. The van der Waals surface area contributed by atoms with E-state index in [1.807, 2.05) is 12.1 Å². The Balaban J connectivity index is 2.00. The van der Waals surface area contributed by atoms with Crippen LogP contribution >= 0.6 is 0 Å². The molecule has 0 radical (unpaired) electrons. The molecular formula is C19H27NO. The minimum atomic E-state index is 0.130. The zero-order valence-electron chi connectivity index (χ0n) is 13.5. The number of phenolic OH excluding ortho intramolecular Hbond substituents is 1. The summed E-state index contributed by atoms with van der Waals surface area (Å²) >= 11 is 0. The topological polar surface area (TPSA) is 23.5 Å². The lowest BCUT2D eigenvalue weighted by Crippen LogP contribution is -2.55. The van der Waals surface area contributed by atoms with E-state index in [0.717, 1.165) is 13.0 Å². The summed E-state index contributed by atoms with van der Waals surface area (Å²) in [6.45, 7) is 13.2. The summed E-state index contributed by atoms with van der Waals surface area (Å²) in [5.41, 5.74) is 4.14. The Hall–Kier alpha value is -1.28. The number of benzene rings is 1. The van der Waals surface area contributed by atoms with Crippen molar-refractivity contribution < 1.29 is 5.11 Å². The lowest BCUT2D eigenvalue weighted by atomic mass is 9.60. The second-order valence-electron chi connectivity index (χ2n) is 7.51. The van der Waals surface area contributed by atoms with Gasteiger partial charge < -0.3 is 5.11 Å². The van der Waals surface area contributed by atoms with Crippen LogP contribution in [0.2, 0.25) is 0 Å². The maximum atomic E-state index is 9.87. The van der Waals surface area contributed by atoms with Gasteiger partial charge in [-0.05, 0) is 67.3 Å². The van der Waals surface area contributed by atoms with Crippen molar-refractivity contribution in [3.63, 3.8) is 0 Å². The first kappa shape index (κ1) is 14.6. The van der Waals surface area contributed by atoms with Gasteiger partial charge in [-0.2, -0.15) is 0 Å². The van der Waals surface area contributed by atoms with Gasteiger partial charge in [0.1, 0.15) is 5.75 Å². The number of rotatable bonds is 2. The van der Waals surface area contributed by atoms with E-state index in [-0.39, 0.29) is 5.41 Å². The highest BCUT2D eigenvalue weighted by Crippen LogP contribution is 2.47. The average Bonchev–Trinajstić information content (AvgIpc) is 2.40. The lowest BCUT2D eigenvalue weighted by molar-refractivity contribution is 0.0509. The zero-order valence-corrected chi connectivity index (χ0v) is 13.5. The van der Waals surface area contributed by atoms with E-state index in [0.29, 0.717) is 17.7 Å². The Labute approximate surface area is 128 Å². The molecule has 0 amide bonds. The highest BCUT2D eigenvalue weighted by atomic mass is 16.3. The van der Waals surface area contributed by atoms with Crippen molar-refractivity contribution in [2.45, 2.75) is 51.5 Å². The van der Waals surface area contributed by atoms with Crippen LogP contribution in [-0.4, -0.2) is 29.1 Å². The maximum Gasteiger partial charge on any atom is 0.115 e. The van der Waals surface area contributed by atoms with Crippen LogP contribution in [0.5, 0.6) is 5.75 Å². The van der Waals surface area contributed by atoms with E-state index < -0.39 is 0 Å². The molecule has 1 N–H and O–H groups in total. The molecule has 1 aliphatic heterocycles. The minimum Gasteiger partial charge on any atom is -0.508 e. The molecule has 1 aromatic rings. The van der Waals surface area contributed by atoms with Gasteiger partial charge >= 0.3 is 0 Å². The molecule has 0 spiro atoms. The van der Waals surface area contributed by atoms with Crippen molar-refractivity contribution in [2.75, 3.05) is 13.1 Å². The summed E-state index contributed by atoms with van der Waals surface area (Å²) in [5.74, 6) is 1.06. The number of aromatic hydroxyl groups is 1. The molecule has 3 rings (SSSR count). The molecule has 0 saturated carbocycles. The SMILES string of the molecule is C=C(C)CN1CCC[C@@H]2[C@H]1Cc1ccc(O)cc1C2(C)C. The van der Waals surface area contributed by atoms with Crippen molar-refractivity contribution in [2.24, 2.45) is 5.92 Å². The number of phenols is 1. The van der Waals surface area contributed by atoms with Gasteiger partial charge in [0.05, 0.1) is 0 Å². The lowest BCUT2D eigenvalue weighted by Gasteiger charge is -2.52. The minimum absolute atomic E-state index is 0.130. The van der Waals surface area contributed by atoms with Gasteiger partial charge in [0.15, 0.2) is 0 Å². The van der Waals surface area contributed by atoms with Gasteiger partial charge in [0.25, 0.3) is 0 Å². The monoisotopic (exact) mass is 285 g/mol. The summed E-state index contributed by atoms with van der Waals surface area (Å²) < 4.78 is 0. The number of likely N-dealkylation sites (tertiary alicyclic amines) is 1. The first-order chi connectivity index (χ1) is 9.89. The number of hydrogen-bond donors (Lipinski definition) is 1. The third-order valence-electron chi connectivity index (χ3n) is 5.51. The zero-order chi connectivity index (χ0) is 15.2. The predicted octanol–water partition coefficient (Wildman–Crippen LogP) is 3.88. The van der Waals surface area contributed by atoms with E-state index in [1.54, 1.807) is 0 Å². The van der Waals surface area contributed by atoms with Gasteiger partial charge in [0, 0.05) is 12.6 Å². The van der Waals surface area contributed by atoms with Crippen LogP contribution in [0.4, 0.5) is 0 Å². The van der Waals surface area contributed by atoms with Gasteiger partial charge in [-0.25, -0.2) is 0 Å². The fraction of sp³-hybridized carbons (Fsp3) is 0.579. The predicted molar refractivity (Wildman–Crippen MR) is 87.7 cm³/mol. The van der Waals surface area contributed by atoms with Gasteiger partial charge in [-0.3, -0.25) is 4.90 Å². The molecule has 114 valence electrons. The van der Waals surface area contributed by atoms with Crippen LogP contribution in [0.15, 0.2) is 30.4 Å². The molecular weight excluding hydrogens is 258 g/mol. The summed E-state index contributed by atoms with van der Waals surface area (Å²) in [6.07, 6.45) is 3.67. The first-order valence-corrected chi connectivity index (χ1v) is 8.10. The van der Waals surface area contributed by atoms with Crippen molar-refractivity contribution >= 4 is 0 Å². The van der Waals surface area contributed by atoms with Crippen LogP contribution in [0.1, 0.15) is 44.7 Å². The van der Waals surface area contributed by atoms with Crippen LogP contribution in [0.3, 0.4) is 0 Å². The van der Waals surface area contributed by atoms with Gasteiger partial charge in [-0.1, -0.05) is 32.1 Å². The number of fused-ring (bicyclic) bond motifs is 2. The Morgan fingerprint density at radius 1 is 1.43 bits per heavy atom. The quantitative estimate of drug-likeness (QED) is 0.834. The summed E-state index contributed by atoms with van der Waals surface area (Å²) in [5, 5.41) is 9.87. The molecule has 1 heterocycles. The van der Waals surface area contributed by atoms with E-state index >= 15 is 0 Å². The largest absolute Gasteiger partial charge is 0.508 e. The van der Waals surface area contributed by atoms with Crippen LogP contribution in [-0.2, 0) is 11.8 Å². The molecule has 2 nitrogen and oxygen atoms in total. The van der Waals surface area contributed by atoms with Crippen LogP contribution in [0, 0.1) is 5.92 Å². The summed E-state index contributed by atoms with van der Waals surface area (Å²) in [4.78, 5) is 2.63. The van der Waals surface area contributed by atoms with Gasteiger partial charge in [0.2, 0.25) is 0 Å². The molecule has 1 aromatic carbocycles. The van der Waals surface area contributed by atoms with E-state index in [1.165, 1.54) is 36.1 Å². The van der Waals surface area contributed by atoms with Crippen LogP contribution in [0.25, 0.3) is 0 Å². The first-order valence-electron chi connectivity index (χ1n) is 8.10. The van der Waals surface area contributed by atoms with E-state index in [2.05, 4.69) is 38.3 Å². The fourth-order valence-corrected chi connectivity index (χ4v) is 4.55. The highest BCUT2D eigenvalue weighted by molar-refractivity contribution is 5.43. The van der Waals surface area contributed by atoms with Crippen molar-refractivity contribution in [3.05, 3.63) is 41.5 Å². The maximum absolute atomic E-state index is 9.87. The number of piperidine rings is 1. The van der Waals surface area contributed by atoms with E-state index in [4.69, 9.17) is 0 Å².